The fraction of sp³-hybridized carbons (Fsp3) is 0.889. The van der Waals surface area contributed by atoms with Crippen molar-refractivity contribution >= 4 is 5.97 Å². The third kappa shape index (κ3) is 0.454. The Morgan fingerprint density at radius 3 is 2.75 bits per heavy atom. The van der Waals surface area contributed by atoms with E-state index in [0.29, 0.717) is 11.8 Å². The summed E-state index contributed by atoms with van der Waals surface area (Å²) in [5, 5.41) is 9.65. The molecule has 4 rings (SSSR count). The molecule has 4 bridgehead atoms. The van der Waals surface area contributed by atoms with Gasteiger partial charge >= 0.3 is 5.97 Å². The Morgan fingerprint density at radius 2 is 2.42 bits per heavy atom. The fourth-order valence-electron chi connectivity index (χ4n) is 3.70. The quantitative estimate of drug-likeness (QED) is 0.568. The highest BCUT2D eigenvalue weighted by Gasteiger charge is 2.82. The maximum atomic E-state index is 11.4. The standard InChI is InChI=1S/C9H12O3/c1-12-8(11)9-3-4-2-5(9)6(9)7(4)10/h4-7,10H,2-3H2,1H3. The van der Waals surface area contributed by atoms with Gasteiger partial charge in [0.05, 0.1) is 18.6 Å². The number of methoxy groups -OCH3 is 1. The van der Waals surface area contributed by atoms with Crippen molar-refractivity contribution in [3.63, 3.8) is 0 Å². The molecule has 0 heterocycles. The molecule has 0 aliphatic heterocycles. The van der Waals surface area contributed by atoms with Gasteiger partial charge in [0.2, 0.25) is 0 Å². The minimum Gasteiger partial charge on any atom is -0.469 e. The lowest BCUT2D eigenvalue weighted by Crippen LogP contribution is -2.18. The van der Waals surface area contributed by atoms with Crippen LogP contribution in [0.5, 0.6) is 0 Å². The van der Waals surface area contributed by atoms with Gasteiger partial charge in [-0.05, 0) is 24.7 Å². The summed E-state index contributed by atoms with van der Waals surface area (Å²) in [7, 11) is 1.44. The highest BCUT2D eigenvalue weighted by atomic mass is 16.5. The molecule has 0 radical (unpaired) electrons. The molecule has 12 heavy (non-hydrogen) atoms. The minimum absolute atomic E-state index is 0.0865. The molecule has 0 spiro atoms. The van der Waals surface area contributed by atoms with E-state index in [9.17, 15) is 9.90 Å². The maximum absolute atomic E-state index is 11.4. The van der Waals surface area contributed by atoms with Gasteiger partial charge in [0.1, 0.15) is 0 Å². The predicted molar refractivity (Wildman–Crippen MR) is 40.2 cm³/mol. The fourth-order valence-corrected chi connectivity index (χ4v) is 3.70. The first kappa shape index (κ1) is 6.89. The van der Waals surface area contributed by atoms with Crippen molar-refractivity contribution in [2.24, 2.45) is 23.2 Å². The van der Waals surface area contributed by atoms with Crippen molar-refractivity contribution < 1.29 is 14.6 Å². The zero-order chi connectivity index (χ0) is 8.51. The molecule has 0 aromatic carbocycles. The van der Waals surface area contributed by atoms with Gasteiger partial charge in [0, 0.05) is 5.92 Å². The van der Waals surface area contributed by atoms with Crippen LogP contribution in [-0.4, -0.2) is 24.3 Å². The average Bonchev–Trinajstić information content (AvgIpc) is 2.44. The van der Waals surface area contributed by atoms with Crippen LogP contribution in [0.25, 0.3) is 0 Å². The molecule has 3 heteroatoms. The van der Waals surface area contributed by atoms with Gasteiger partial charge in [-0.1, -0.05) is 0 Å². The molecule has 4 saturated carbocycles. The van der Waals surface area contributed by atoms with E-state index in [2.05, 4.69) is 0 Å². The predicted octanol–water partition coefficient (Wildman–Crippen LogP) is 0.176. The first-order valence-electron chi connectivity index (χ1n) is 4.48. The van der Waals surface area contributed by atoms with Crippen molar-refractivity contribution in [2.75, 3.05) is 7.11 Å². The van der Waals surface area contributed by atoms with Crippen molar-refractivity contribution in [3.8, 4) is 0 Å². The summed E-state index contributed by atoms with van der Waals surface area (Å²) in [6, 6.07) is 0. The van der Waals surface area contributed by atoms with Crippen molar-refractivity contribution in [1.29, 1.82) is 0 Å². The Hall–Kier alpha value is -0.570. The van der Waals surface area contributed by atoms with Crippen molar-refractivity contribution in [3.05, 3.63) is 0 Å². The van der Waals surface area contributed by atoms with E-state index in [1.807, 2.05) is 0 Å². The Balaban J connectivity index is 1.96. The highest BCUT2D eigenvalue weighted by Crippen LogP contribution is 2.79. The van der Waals surface area contributed by atoms with Crippen LogP contribution in [0.2, 0.25) is 0 Å². The Bertz CT molecular complexity index is 262. The monoisotopic (exact) mass is 168 g/mol. The van der Waals surface area contributed by atoms with Crippen LogP contribution >= 0.6 is 0 Å². The highest BCUT2D eigenvalue weighted by molar-refractivity contribution is 5.83. The maximum Gasteiger partial charge on any atom is 0.312 e. The number of carbonyl (C=O) groups is 1. The molecule has 5 unspecified atom stereocenters. The van der Waals surface area contributed by atoms with Gasteiger partial charge in [-0.25, -0.2) is 0 Å². The summed E-state index contributed by atoms with van der Waals surface area (Å²) in [4.78, 5) is 11.4. The molecular weight excluding hydrogens is 156 g/mol. The van der Waals surface area contributed by atoms with Gasteiger partial charge in [-0.15, -0.1) is 0 Å². The third-order valence-corrected chi connectivity index (χ3v) is 4.15. The Kier molecular flexibility index (Phi) is 0.971. The summed E-state index contributed by atoms with van der Waals surface area (Å²) in [6.45, 7) is 0. The van der Waals surface area contributed by atoms with Gasteiger partial charge in [-0.3, -0.25) is 4.79 Å². The van der Waals surface area contributed by atoms with E-state index in [-0.39, 0.29) is 23.4 Å². The van der Waals surface area contributed by atoms with Crippen LogP contribution in [0.15, 0.2) is 0 Å². The molecule has 0 saturated heterocycles. The average molecular weight is 168 g/mol. The first-order valence-corrected chi connectivity index (χ1v) is 4.48. The smallest absolute Gasteiger partial charge is 0.312 e. The lowest BCUT2D eigenvalue weighted by atomic mass is 10.1. The van der Waals surface area contributed by atoms with Crippen LogP contribution in [0.4, 0.5) is 0 Å². The van der Waals surface area contributed by atoms with Gasteiger partial charge in [0.15, 0.2) is 0 Å². The summed E-state index contributed by atoms with van der Waals surface area (Å²) in [5.41, 5.74) is -0.237. The van der Waals surface area contributed by atoms with E-state index >= 15 is 0 Å². The zero-order valence-corrected chi connectivity index (χ0v) is 6.99. The number of hydrogen-bond acceptors (Lipinski definition) is 3. The van der Waals surface area contributed by atoms with Gasteiger partial charge < -0.3 is 9.84 Å². The topological polar surface area (TPSA) is 46.5 Å². The second-order valence-electron chi connectivity index (χ2n) is 4.35. The summed E-state index contributed by atoms with van der Waals surface area (Å²) in [5.74, 6) is 0.996. The van der Waals surface area contributed by atoms with E-state index in [4.69, 9.17) is 4.74 Å². The number of esters is 1. The third-order valence-electron chi connectivity index (χ3n) is 4.15. The first-order chi connectivity index (χ1) is 5.71. The second-order valence-corrected chi connectivity index (χ2v) is 4.35. The molecule has 5 atom stereocenters. The Morgan fingerprint density at radius 1 is 1.67 bits per heavy atom. The second kappa shape index (κ2) is 1.69. The summed E-state index contributed by atoms with van der Waals surface area (Å²) in [6.07, 6.45) is 1.70. The van der Waals surface area contributed by atoms with E-state index < -0.39 is 0 Å². The minimum atomic E-state index is -0.237. The largest absolute Gasteiger partial charge is 0.469 e. The molecule has 4 aliphatic carbocycles. The van der Waals surface area contributed by atoms with Crippen LogP contribution in [0.3, 0.4) is 0 Å². The molecule has 4 aliphatic rings. The number of aliphatic hydroxyl groups is 1. The molecule has 0 aromatic rings. The zero-order valence-electron chi connectivity index (χ0n) is 6.99. The molecule has 0 amide bonds. The number of aliphatic hydroxyl groups excluding tert-OH is 1. The lowest BCUT2D eigenvalue weighted by molar-refractivity contribution is -0.147. The van der Waals surface area contributed by atoms with Gasteiger partial charge in [0.25, 0.3) is 0 Å². The molecule has 1 N–H and O–H groups in total. The lowest BCUT2D eigenvalue weighted by Gasteiger charge is -2.06. The molecule has 4 fully saturated rings. The summed E-state index contributed by atoms with van der Waals surface area (Å²) >= 11 is 0. The van der Waals surface area contributed by atoms with Crippen LogP contribution in [0.1, 0.15) is 12.8 Å². The number of rotatable bonds is 1. The van der Waals surface area contributed by atoms with E-state index in [0.717, 1.165) is 12.8 Å². The van der Waals surface area contributed by atoms with Crippen LogP contribution in [-0.2, 0) is 9.53 Å². The van der Waals surface area contributed by atoms with Crippen LogP contribution < -0.4 is 0 Å². The molecule has 3 nitrogen and oxygen atoms in total. The summed E-state index contributed by atoms with van der Waals surface area (Å²) < 4.78 is 4.77. The van der Waals surface area contributed by atoms with Crippen molar-refractivity contribution in [1.82, 2.24) is 0 Å². The molecular formula is C9H12O3. The Labute approximate surface area is 70.7 Å². The number of hydrogen-bond donors (Lipinski definition) is 1. The normalized spacial score (nSPS) is 58.8. The van der Waals surface area contributed by atoms with Gasteiger partial charge in [-0.2, -0.15) is 0 Å². The number of carbonyl (C=O) groups excluding carboxylic acids is 1. The van der Waals surface area contributed by atoms with E-state index in [1.54, 1.807) is 0 Å². The van der Waals surface area contributed by atoms with E-state index in [1.165, 1.54) is 7.11 Å². The molecule has 0 aromatic heterocycles. The molecule has 66 valence electrons. The van der Waals surface area contributed by atoms with Crippen molar-refractivity contribution in [2.45, 2.75) is 18.9 Å². The number of ether oxygens (including phenoxy) is 1. The van der Waals surface area contributed by atoms with Crippen LogP contribution in [0, 0.1) is 23.2 Å². The SMILES string of the molecule is COC(=O)C12CC3CC1C2C3O.